The summed E-state index contributed by atoms with van der Waals surface area (Å²) in [7, 11) is 3.59. The first-order valence-corrected chi connectivity index (χ1v) is 6.59. The zero-order valence-corrected chi connectivity index (χ0v) is 12.7. The van der Waals surface area contributed by atoms with E-state index in [1.54, 1.807) is 25.9 Å². The van der Waals surface area contributed by atoms with Crippen LogP contribution in [0.25, 0.3) is 0 Å². The van der Waals surface area contributed by atoms with Crippen molar-refractivity contribution >= 4 is 23.7 Å². The molecule has 0 aromatic carbocycles. The average molecular weight is 309 g/mol. The standard InChI is InChI=1S/C13H19N5O4/c1-8-9(6-16-13(17-8)18(2)3)12(22)14-5-4-10(19)15-7-11(20)21/h6H,4-5,7H2,1-3H3,(H,14,22)(H,15,19)(H,20,21). The van der Waals surface area contributed by atoms with Gasteiger partial charge in [-0.15, -0.1) is 0 Å². The Bertz CT molecular complexity index is 574. The Morgan fingerprint density at radius 2 is 1.95 bits per heavy atom. The second kappa shape index (κ2) is 7.91. The quantitative estimate of drug-likeness (QED) is 0.600. The monoisotopic (exact) mass is 309 g/mol. The van der Waals surface area contributed by atoms with E-state index >= 15 is 0 Å². The van der Waals surface area contributed by atoms with E-state index < -0.39 is 18.4 Å². The summed E-state index contributed by atoms with van der Waals surface area (Å²) in [4.78, 5) is 43.5. The lowest BCUT2D eigenvalue weighted by Crippen LogP contribution is -2.33. The SMILES string of the molecule is Cc1nc(N(C)C)ncc1C(=O)NCCC(=O)NCC(=O)O. The van der Waals surface area contributed by atoms with Gasteiger partial charge in [0.05, 0.1) is 11.3 Å². The minimum absolute atomic E-state index is 0.00525. The Labute approximate surface area is 127 Å². The maximum absolute atomic E-state index is 12.0. The summed E-state index contributed by atoms with van der Waals surface area (Å²) in [6.45, 7) is 1.36. The normalized spacial score (nSPS) is 9.95. The molecule has 22 heavy (non-hydrogen) atoms. The van der Waals surface area contributed by atoms with Gasteiger partial charge in [-0.25, -0.2) is 9.97 Å². The number of carbonyl (C=O) groups is 3. The predicted molar refractivity (Wildman–Crippen MR) is 78.7 cm³/mol. The van der Waals surface area contributed by atoms with Crippen molar-refractivity contribution < 1.29 is 19.5 Å². The van der Waals surface area contributed by atoms with Crippen LogP contribution in [0.1, 0.15) is 22.5 Å². The molecule has 0 unspecified atom stereocenters. The highest BCUT2D eigenvalue weighted by Gasteiger charge is 2.12. The first kappa shape index (κ1) is 17.3. The van der Waals surface area contributed by atoms with Crippen LogP contribution in [-0.2, 0) is 9.59 Å². The number of rotatable bonds is 7. The first-order chi connectivity index (χ1) is 10.3. The zero-order chi connectivity index (χ0) is 16.7. The van der Waals surface area contributed by atoms with E-state index in [4.69, 9.17) is 5.11 Å². The summed E-state index contributed by atoms with van der Waals surface area (Å²) in [5.74, 6) is -1.44. The molecule has 1 aromatic heterocycles. The smallest absolute Gasteiger partial charge is 0.322 e. The number of hydrogen-bond donors (Lipinski definition) is 3. The van der Waals surface area contributed by atoms with Crippen LogP contribution in [0.15, 0.2) is 6.20 Å². The molecule has 120 valence electrons. The number of nitrogens with one attached hydrogen (secondary N) is 2. The van der Waals surface area contributed by atoms with E-state index in [9.17, 15) is 14.4 Å². The van der Waals surface area contributed by atoms with E-state index in [-0.39, 0.29) is 18.9 Å². The van der Waals surface area contributed by atoms with Crippen LogP contribution < -0.4 is 15.5 Å². The van der Waals surface area contributed by atoms with Crippen LogP contribution in [0, 0.1) is 6.92 Å². The maximum Gasteiger partial charge on any atom is 0.322 e. The number of aryl methyl sites for hydroxylation is 1. The molecule has 1 aromatic rings. The fraction of sp³-hybridized carbons (Fsp3) is 0.462. The van der Waals surface area contributed by atoms with Crippen LogP contribution in [0.3, 0.4) is 0 Å². The fourth-order valence-electron chi connectivity index (χ4n) is 1.54. The number of carbonyl (C=O) groups excluding carboxylic acids is 2. The highest BCUT2D eigenvalue weighted by atomic mass is 16.4. The fourth-order valence-corrected chi connectivity index (χ4v) is 1.54. The predicted octanol–water partition coefficient (Wildman–Crippen LogP) is -0.828. The molecule has 0 radical (unpaired) electrons. The van der Waals surface area contributed by atoms with Crippen LogP contribution in [-0.4, -0.2) is 60.0 Å². The van der Waals surface area contributed by atoms with Crippen molar-refractivity contribution in [2.24, 2.45) is 0 Å². The van der Waals surface area contributed by atoms with Gasteiger partial charge in [0.15, 0.2) is 0 Å². The van der Waals surface area contributed by atoms with Gasteiger partial charge in [0.2, 0.25) is 11.9 Å². The largest absolute Gasteiger partial charge is 0.480 e. The lowest BCUT2D eigenvalue weighted by molar-refractivity contribution is -0.137. The molecule has 0 saturated heterocycles. The molecule has 0 aliphatic rings. The third kappa shape index (κ3) is 5.35. The molecule has 0 bridgehead atoms. The molecule has 0 fully saturated rings. The number of carboxylic acids is 1. The Morgan fingerprint density at radius 3 is 2.50 bits per heavy atom. The second-order valence-corrected chi connectivity index (χ2v) is 4.74. The van der Waals surface area contributed by atoms with Gasteiger partial charge >= 0.3 is 5.97 Å². The molecule has 0 saturated carbocycles. The van der Waals surface area contributed by atoms with Crippen LogP contribution in [0.4, 0.5) is 5.95 Å². The summed E-state index contributed by atoms with van der Waals surface area (Å²) in [6, 6.07) is 0. The molecule has 0 aliphatic carbocycles. The number of carboxylic acid groups (broad SMARTS) is 1. The summed E-state index contributed by atoms with van der Waals surface area (Å²) in [5.41, 5.74) is 0.864. The van der Waals surface area contributed by atoms with Gasteiger partial charge in [0.1, 0.15) is 6.54 Å². The summed E-state index contributed by atoms with van der Waals surface area (Å²) in [5, 5.41) is 13.2. The van der Waals surface area contributed by atoms with Gasteiger partial charge in [-0.1, -0.05) is 0 Å². The van der Waals surface area contributed by atoms with Crippen LogP contribution in [0.2, 0.25) is 0 Å². The van der Waals surface area contributed by atoms with Crippen molar-refractivity contribution in [1.29, 1.82) is 0 Å². The summed E-state index contributed by atoms with van der Waals surface area (Å²) in [6.07, 6.45) is 1.42. The van der Waals surface area contributed by atoms with Crippen molar-refractivity contribution in [1.82, 2.24) is 20.6 Å². The van der Waals surface area contributed by atoms with E-state index in [2.05, 4.69) is 20.6 Å². The molecular weight excluding hydrogens is 290 g/mol. The highest BCUT2D eigenvalue weighted by Crippen LogP contribution is 2.08. The summed E-state index contributed by atoms with van der Waals surface area (Å²) < 4.78 is 0. The minimum Gasteiger partial charge on any atom is -0.480 e. The Balaban J connectivity index is 2.49. The second-order valence-electron chi connectivity index (χ2n) is 4.74. The number of anilines is 1. The van der Waals surface area contributed by atoms with E-state index in [1.165, 1.54) is 6.20 Å². The van der Waals surface area contributed by atoms with Gasteiger partial charge in [0.25, 0.3) is 5.91 Å². The Kier molecular flexibility index (Phi) is 6.24. The minimum atomic E-state index is -1.12. The third-order valence-electron chi connectivity index (χ3n) is 2.69. The van der Waals surface area contributed by atoms with Crippen molar-refractivity contribution in [3.63, 3.8) is 0 Å². The van der Waals surface area contributed by atoms with E-state index in [0.717, 1.165) is 0 Å². The Hall–Kier alpha value is -2.71. The van der Waals surface area contributed by atoms with Gasteiger partial charge < -0.3 is 20.6 Å². The van der Waals surface area contributed by atoms with Crippen molar-refractivity contribution in [2.45, 2.75) is 13.3 Å². The molecular formula is C13H19N5O4. The first-order valence-electron chi connectivity index (χ1n) is 6.59. The van der Waals surface area contributed by atoms with Gasteiger partial charge in [0, 0.05) is 33.3 Å². The number of aliphatic carboxylic acids is 1. The van der Waals surface area contributed by atoms with E-state index in [1.807, 2.05) is 0 Å². The molecule has 9 nitrogen and oxygen atoms in total. The Morgan fingerprint density at radius 1 is 1.27 bits per heavy atom. The van der Waals surface area contributed by atoms with Crippen molar-refractivity contribution in [3.05, 3.63) is 17.5 Å². The molecule has 0 atom stereocenters. The third-order valence-corrected chi connectivity index (χ3v) is 2.69. The summed E-state index contributed by atoms with van der Waals surface area (Å²) >= 11 is 0. The van der Waals surface area contributed by atoms with Gasteiger partial charge in [-0.3, -0.25) is 14.4 Å². The number of hydrogen-bond acceptors (Lipinski definition) is 6. The topological polar surface area (TPSA) is 125 Å². The average Bonchev–Trinajstić information content (AvgIpc) is 2.44. The molecule has 9 heteroatoms. The van der Waals surface area contributed by atoms with Gasteiger partial charge in [-0.2, -0.15) is 0 Å². The molecule has 1 rings (SSSR count). The van der Waals surface area contributed by atoms with Crippen molar-refractivity contribution in [3.8, 4) is 0 Å². The van der Waals surface area contributed by atoms with E-state index in [0.29, 0.717) is 17.2 Å². The maximum atomic E-state index is 12.0. The zero-order valence-electron chi connectivity index (χ0n) is 12.7. The lowest BCUT2D eigenvalue weighted by atomic mass is 10.2. The lowest BCUT2D eigenvalue weighted by Gasteiger charge is -2.12. The number of amides is 2. The molecule has 2 amide bonds. The molecule has 0 spiro atoms. The molecule has 3 N–H and O–H groups in total. The number of nitrogens with zero attached hydrogens (tertiary/aromatic N) is 3. The molecule has 1 heterocycles. The van der Waals surface area contributed by atoms with Crippen LogP contribution >= 0.6 is 0 Å². The molecule has 0 aliphatic heterocycles. The van der Waals surface area contributed by atoms with Gasteiger partial charge in [-0.05, 0) is 6.92 Å². The van der Waals surface area contributed by atoms with Crippen molar-refractivity contribution in [2.75, 3.05) is 32.1 Å². The number of aromatic nitrogens is 2. The van der Waals surface area contributed by atoms with Crippen LogP contribution in [0.5, 0.6) is 0 Å². The highest BCUT2D eigenvalue weighted by molar-refractivity contribution is 5.95.